The highest BCUT2D eigenvalue weighted by molar-refractivity contribution is 7.89. The maximum Gasteiger partial charge on any atom is 0.335 e. The number of benzene rings is 1. The molecule has 0 radical (unpaired) electrons. The van der Waals surface area contributed by atoms with E-state index in [-0.39, 0.29) is 30.2 Å². The van der Waals surface area contributed by atoms with E-state index in [2.05, 4.69) is 5.32 Å². The third-order valence-corrected chi connectivity index (χ3v) is 4.85. The van der Waals surface area contributed by atoms with Crippen LogP contribution in [0.5, 0.6) is 0 Å². The van der Waals surface area contributed by atoms with E-state index in [9.17, 15) is 18.0 Å². The van der Waals surface area contributed by atoms with Gasteiger partial charge in [0.1, 0.15) is 0 Å². The number of carbonyl (C=O) groups is 2. The largest absolute Gasteiger partial charge is 0.478 e. The first-order valence-corrected chi connectivity index (χ1v) is 8.40. The van der Waals surface area contributed by atoms with Crippen LogP contribution in [0.4, 0.5) is 5.69 Å². The lowest BCUT2D eigenvalue weighted by molar-refractivity contribution is -0.116. The van der Waals surface area contributed by atoms with Crippen molar-refractivity contribution in [2.75, 3.05) is 31.8 Å². The molecule has 0 heterocycles. The molecule has 2 N–H and O–H groups in total. The number of methoxy groups -OCH3 is 1. The molecule has 0 saturated heterocycles. The molecule has 0 aliphatic rings. The molecule has 1 amide bonds. The highest BCUT2D eigenvalue weighted by Crippen LogP contribution is 2.16. The molecule has 8 nitrogen and oxygen atoms in total. The van der Waals surface area contributed by atoms with E-state index >= 15 is 0 Å². The van der Waals surface area contributed by atoms with Crippen LogP contribution in [0.2, 0.25) is 0 Å². The average molecular weight is 344 g/mol. The zero-order chi connectivity index (χ0) is 17.6. The summed E-state index contributed by atoms with van der Waals surface area (Å²) in [6.07, 6.45) is 0. The van der Waals surface area contributed by atoms with Crippen molar-refractivity contribution in [1.29, 1.82) is 0 Å². The molecule has 0 saturated carbocycles. The Hall–Kier alpha value is -1.97. The lowest BCUT2D eigenvalue weighted by Gasteiger charge is -2.16. The van der Waals surface area contributed by atoms with E-state index in [4.69, 9.17) is 9.84 Å². The number of sulfonamides is 1. The van der Waals surface area contributed by atoms with Crippen LogP contribution in [0, 0.1) is 0 Å². The normalized spacial score (nSPS) is 11.5. The number of carboxylic acid groups (broad SMARTS) is 1. The SMILES string of the molecule is CCS(=O)(=O)N(C)CC(=O)Nc1cc(COC)cc(C(=O)O)c1. The number of aromatic carboxylic acids is 1. The highest BCUT2D eigenvalue weighted by Gasteiger charge is 2.18. The Bertz CT molecular complexity index is 687. The molecule has 23 heavy (non-hydrogen) atoms. The Balaban J connectivity index is 2.91. The molecule has 1 rings (SSSR count). The van der Waals surface area contributed by atoms with Gasteiger partial charge in [0.15, 0.2) is 0 Å². The van der Waals surface area contributed by atoms with Crippen molar-refractivity contribution in [3.05, 3.63) is 29.3 Å². The van der Waals surface area contributed by atoms with Gasteiger partial charge in [0.25, 0.3) is 0 Å². The second-order valence-electron chi connectivity index (χ2n) is 4.86. The second kappa shape index (κ2) is 8.04. The van der Waals surface area contributed by atoms with Crippen LogP contribution in [-0.2, 0) is 26.2 Å². The smallest absolute Gasteiger partial charge is 0.335 e. The molecule has 9 heteroatoms. The number of rotatable bonds is 8. The van der Waals surface area contributed by atoms with Crippen molar-refractivity contribution in [3.63, 3.8) is 0 Å². The van der Waals surface area contributed by atoms with Crippen molar-refractivity contribution in [1.82, 2.24) is 4.31 Å². The van der Waals surface area contributed by atoms with Gasteiger partial charge in [-0.15, -0.1) is 0 Å². The molecule has 0 spiro atoms. The zero-order valence-corrected chi connectivity index (χ0v) is 14.0. The summed E-state index contributed by atoms with van der Waals surface area (Å²) in [5.74, 6) is -1.80. The van der Waals surface area contributed by atoms with E-state index in [0.29, 0.717) is 5.56 Å². The Morgan fingerprint density at radius 3 is 2.48 bits per heavy atom. The lowest BCUT2D eigenvalue weighted by Crippen LogP contribution is -2.35. The molecular weight excluding hydrogens is 324 g/mol. The predicted octanol–water partition coefficient (Wildman–Crippen LogP) is 0.751. The third kappa shape index (κ3) is 5.62. The standard InChI is InChI=1S/C14H20N2O6S/c1-4-23(20,21)16(2)8-13(17)15-12-6-10(9-22-3)5-11(7-12)14(18)19/h5-7H,4,8-9H2,1-3H3,(H,15,17)(H,18,19). The molecule has 1 aromatic carbocycles. The topological polar surface area (TPSA) is 113 Å². The molecule has 0 aliphatic heterocycles. The van der Waals surface area contributed by atoms with Gasteiger partial charge in [-0.1, -0.05) is 0 Å². The number of nitrogens with one attached hydrogen (secondary N) is 1. The van der Waals surface area contributed by atoms with Gasteiger partial charge in [0.2, 0.25) is 15.9 Å². The fourth-order valence-corrected chi connectivity index (χ4v) is 2.61. The quantitative estimate of drug-likeness (QED) is 0.719. The average Bonchev–Trinajstić information content (AvgIpc) is 2.46. The summed E-state index contributed by atoms with van der Waals surface area (Å²) in [6.45, 7) is 1.32. The van der Waals surface area contributed by atoms with Crippen molar-refractivity contribution in [2.24, 2.45) is 0 Å². The lowest BCUT2D eigenvalue weighted by atomic mass is 10.1. The summed E-state index contributed by atoms with van der Waals surface area (Å²) in [5.41, 5.74) is 0.853. The Kier molecular flexibility index (Phi) is 6.67. The van der Waals surface area contributed by atoms with Gasteiger partial charge in [-0.2, -0.15) is 4.31 Å². The summed E-state index contributed by atoms with van der Waals surface area (Å²) in [7, 11) is -0.689. The number of hydrogen-bond donors (Lipinski definition) is 2. The number of likely N-dealkylation sites (N-methyl/N-ethyl adjacent to an activating group) is 1. The molecule has 0 unspecified atom stereocenters. The summed E-state index contributed by atoms with van der Waals surface area (Å²) in [4.78, 5) is 23.0. The minimum atomic E-state index is -3.47. The number of anilines is 1. The van der Waals surface area contributed by atoms with Gasteiger partial charge < -0.3 is 15.2 Å². The van der Waals surface area contributed by atoms with E-state index in [0.717, 1.165) is 4.31 Å². The van der Waals surface area contributed by atoms with Crippen LogP contribution in [0.15, 0.2) is 18.2 Å². The molecule has 1 aromatic rings. The number of amides is 1. The second-order valence-corrected chi connectivity index (χ2v) is 7.23. The van der Waals surface area contributed by atoms with Crippen molar-refractivity contribution >= 4 is 27.6 Å². The number of ether oxygens (including phenoxy) is 1. The van der Waals surface area contributed by atoms with E-state index in [1.54, 1.807) is 6.07 Å². The van der Waals surface area contributed by atoms with Crippen molar-refractivity contribution in [2.45, 2.75) is 13.5 Å². The van der Waals surface area contributed by atoms with E-state index < -0.39 is 21.9 Å². The first-order valence-electron chi connectivity index (χ1n) is 6.79. The van der Waals surface area contributed by atoms with Gasteiger partial charge >= 0.3 is 5.97 Å². The maximum absolute atomic E-state index is 11.9. The Morgan fingerprint density at radius 1 is 1.30 bits per heavy atom. The van der Waals surface area contributed by atoms with Crippen molar-refractivity contribution in [3.8, 4) is 0 Å². The summed E-state index contributed by atoms with van der Waals surface area (Å²) < 4.78 is 29.1. The molecule has 0 fully saturated rings. The minimum absolute atomic E-state index is 0.00406. The van der Waals surface area contributed by atoms with Crippen LogP contribution in [0.1, 0.15) is 22.8 Å². The maximum atomic E-state index is 11.9. The number of carbonyl (C=O) groups excluding carboxylic acids is 1. The summed E-state index contributed by atoms with van der Waals surface area (Å²) in [5, 5.41) is 11.6. The van der Waals surface area contributed by atoms with Crippen LogP contribution in [-0.4, -0.2) is 56.2 Å². The fourth-order valence-electron chi connectivity index (χ4n) is 1.86. The number of carboxylic acids is 1. The van der Waals surface area contributed by atoms with Crippen LogP contribution in [0.3, 0.4) is 0 Å². The van der Waals surface area contributed by atoms with E-state index in [1.165, 1.54) is 33.2 Å². The monoisotopic (exact) mass is 344 g/mol. The van der Waals surface area contributed by atoms with Crippen molar-refractivity contribution < 1.29 is 27.9 Å². The fraction of sp³-hybridized carbons (Fsp3) is 0.429. The first-order chi connectivity index (χ1) is 10.7. The van der Waals surface area contributed by atoms with Gasteiger partial charge in [0, 0.05) is 19.8 Å². The molecular formula is C14H20N2O6S. The molecule has 0 aromatic heterocycles. The summed E-state index contributed by atoms with van der Waals surface area (Å²) in [6, 6.07) is 4.31. The van der Waals surface area contributed by atoms with Gasteiger partial charge in [-0.25, -0.2) is 13.2 Å². The Labute approximate surface area is 135 Å². The Morgan fingerprint density at radius 2 is 1.96 bits per heavy atom. The van der Waals surface area contributed by atoms with Crippen LogP contribution >= 0.6 is 0 Å². The number of hydrogen-bond acceptors (Lipinski definition) is 5. The van der Waals surface area contributed by atoms with Crippen LogP contribution in [0.25, 0.3) is 0 Å². The molecule has 0 atom stereocenters. The molecule has 0 aliphatic carbocycles. The third-order valence-electron chi connectivity index (χ3n) is 3.04. The highest BCUT2D eigenvalue weighted by atomic mass is 32.2. The molecule has 128 valence electrons. The van der Waals surface area contributed by atoms with Crippen LogP contribution < -0.4 is 5.32 Å². The minimum Gasteiger partial charge on any atom is -0.478 e. The van der Waals surface area contributed by atoms with Gasteiger partial charge in [-0.3, -0.25) is 4.79 Å². The number of nitrogens with zero attached hydrogens (tertiary/aromatic N) is 1. The molecule has 0 bridgehead atoms. The first kappa shape index (κ1) is 19.1. The van der Waals surface area contributed by atoms with Gasteiger partial charge in [0.05, 0.1) is 24.5 Å². The predicted molar refractivity (Wildman–Crippen MR) is 84.8 cm³/mol. The summed E-state index contributed by atoms with van der Waals surface area (Å²) >= 11 is 0. The zero-order valence-electron chi connectivity index (χ0n) is 13.2. The van der Waals surface area contributed by atoms with E-state index in [1.807, 2.05) is 0 Å². The van der Waals surface area contributed by atoms with Gasteiger partial charge in [-0.05, 0) is 30.7 Å².